The van der Waals surface area contributed by atoms with Crippen LogP contribution in [0.15, 0.2) is 42.5 Å². The Morgan fingerprint density at radius 2 is 1.89 bits per heavy atom. The Balaban J connectivity index is 2.13. The second-order valence-electron chi connectivity index (χ2n) is 4.56. The molecular weight excluding hydrogens is 224 g/mol. The van der Waals surface area contributed by atoms with Crippen molar-refractivity contribution in [2.24, 2.45) is 0 Å². The predicted molar refractivity (Wildman–Crippen MR) is 69.6 cm³/mol. The number of hydrogen-bond acceptors (Lipinski definition) is 2. The molecule has 1 aromatic carbocycles. The first kappa shape index (κ1) is 9.66. The average molecular weight is 234 g/mol. The van der Waals surface area contributed by atoms with Gasteiger partial charge in [-0.05, 0) is 17.7 Å². The summed E-state index contributed by atoms with van der Waals surface area (Å²) in [6.45, 7) is 0. The van der Waals surface area contributed by atoms with E-state index in [1.807, 2.05) is 36.4 Å². The molecule has 86 valence electrons. The molecule has 2 nitrogen and oxygen atoms in total. The van der Waals surface area contributed by atoms with E-state index in [2.05, 4.69) is 0 Å². The van der Waals surface area contributed by atoms with Crippen molar-refractivity contribution < 1.29 is 9.53 Å². The van der Waals surface area contributed by atoms with E-state index >= 15 is 0 Å². The highest BCUT2D eigenvalue weighted by Crippen LogP contribution is 2.30. The third-order valence-corrected chi connectivity index (χ3v) is 3.48. The van der Waals surface area contributed by atoms with Crippen molar-refractivity contribution in [2.45, 2.75) is 6.42 Å². The molecular formula is C16H10O2. The Morgan fingerprint density at radius 3 is 2.72 bits per heavy atom. The molecule has 0 radical (unpaired) electrons. The Morgan fingerprint density at radius 1 is 1.06 bits per heavy atom. The average Bonchev–Trinajstić information content (AvgIpc) is 2.37. The number of hydrogen-bond donors (Lipinski definition) is 0. The first-order valence-corrected chi connectivity index (χ1v) is 5.97. The molecule has 2 heterocycles. The molecule has 0 saturated heterocycles. The maximum absolute atomic E-state index is 12.2. The molecule has 18 heavy (non-hydrogen) atoms. The zero-order valence-electron chi connectivity index (χ0n) is 9.64. The lowest BCUT2D eigenvalue weighted by Gasteiger charge is -2.29. The van der Waals surface area contributed by atoms with Gasteiger partial charge in [-0.25, -0.2) is 0 Å². The van der Waals surface area contributed by atoms with E-state index in [-0.39, 0.29) is 5.78 Å². The van der Waals surface area contributed by atoms with Gasteiger partial charge in [0, 0.05) is 17.2 Å². The molecule has 2 aliphatic heterocycles. The molecule has 2 heteroatoms. The van der Waals surface area contributed by atoms with Gasteiger partial charge in [-0.3, -0.25) is 4.79 Å². The lowest BCUT2D eigenvalue weighted by atomic mass is 9.87. The second kappa shape index (κ2) is 3.33. The van der Waals surface area contributed by atoms with Gasteiger partial charge in [-0.2, -0.15) is 0 Å². The summed E-state index contributed by atoms with van der Waals surface area (Å²) in [7, 11) is 0. The fourth-order valence-corrected chi connectivity index (χ4v) is 2.70. The zero-order valence-corrected chi connectivity index (χ0v) is 9.64. The van der Waals surface area contributed by atoms with Crippen molar-refractivity contribution in [1.82, 2.24) is 0 Å². The molecule has 0 atom stereocenters. The summed E-state index contributed by atoms with van der Waals surface area (Å²) in [5.41, 5.74) is 1.91. The van der Waals surface area contributed by atoms with Crippen LogP contribution in [0.5, 0.6) is 5.75 Å². The normalized spacial score (nSPS) is 18.0. The lowest BCUT2D eigenvalue weighted by molar-refractivity contribution is 0.104. The molecule has 4 bridgehead atoms. The molecule has 5 aliphatic rings. The van der Waals surface area contributed by atoms with E-state index in [0.29, 0.717) is 0 Å². The molecule has 0 unspecified atom stereocenters. The lowest BCUT2D eigenvalue weighted by Crippen LogP contribution is -2.46. The monoisotopic (exact) mass is 234 g/mol. The van der Waals surface area contributed by atoms with Crippen LogP contribution < -0.4 is 15.2 Å². The van der Waals surface area contributed by atoms with Crippen molar-refractivity contribution in [1.29, 1.82) is 0 Å². The molecule has 0 N–H and O–H groups in total. The Kier molecular flexibility index (Phi) is 1.78. The summed E-state index contributed by atoms with van der Waals surface area (Å²) in [6, 6.07) is 1.99. The summed E-state index contributed by atoms with van der Waals surface area (Å²) >= 11 is 0. The standard InChI is InChI=1S/C16H10O2/c17-12-7-5-3-1-2-4-6-11-15(12)10-8-13-16(11)14(9-10)18-13/h1-8H,9H2. The van der Waals surface area contributed by atoms with Crippen LogP contribution in [0.2, 0.25) is 0 Å². The van der Waals surface area contributed by atoms with Crippen LogP contribution in [-0.4, -0.2) is 5.78 Å². The van der Waals surface area contributed by atoms with Crippen LogP contribution >= 0.6 is 0 Å². The number of allylic oxidation sites excluding steroid dienone is 6. The smallest absolute Gasteiger partial charge is 0.186 e. The molecule has 1 aromatic rings. The highest BCUT2D eigenvalue weighted by atomic mass is 16.5. The van der Waals surface area contributed by atoms with Crippen LogP contribution in [0, 0.1) is 0 Å². The molecule has 0 saturated carbocycles. The summed E-state index contributed by atoms with van der Waals surface area (Å²) in [4.78, 5) is 12.2. The van der Waals surface area contributed by atoms with Crippen LogP contribution in [0.1, 0.15) is 15.9 Å². The van der Waals surface area contributed by atoms with Gasteiger partial charge in [0.2, 0.25) is 0 Å². The molecule has 0 spiro atoms. The molecule has 0 amide bonds. The summed E-state index contributed by atoms with van der Waals surface area (Å²) in [5, 5.41) is 2.13. The predicted octanol–water partition coefficient (Wildman–Crippen LogP) is 1.39. The third kappa shape index (κ3) is 1.15. The van der Waals surface area contributed by atoms with Gasteiger partial charge in [0.1, 0.15) is 11.5 Å². The van der Waals surface area contributed by atoms with Gasteiger partial charge >= 0.3 is 0 Å². The molecule has 6 rings (SSSR count). The Bertz CT molecular complexity index is 789. The highest BCUT2D eigenvalue weighted by Gasteiger charge is 2.30. The quantitative estimate of drug-likeness (QED) is 0.678. The number of ketones is 1. The summed E-state index contributed by atoms with van der Waals surface area (Å²) in [6.07, 6.45) is 13.9. The summed E-state index contributed by atoms with van der Waals surface area (Å²) < 4.78 is 5.52. The number of rotatable bonds is 0. The fourth-order valence-electron chi connectivity index (χ4n) is 2.70. The van der Waals surface area contributed by atoms with E-state index in [9.17, 15) is 4.79 Å². The van der Waals surface area contributed by atoms with Crippen molar-refractivity contribution in [3.05, 3.63) is 64.1 Å². The van der Waals surface area contributed by atoms with Gasteiger partial charge in [-0.15, -0.1) is 0 Å². The van der Waals surface area contributed by atoms with Crippen LogP contribution in [0.25, 0.3) is 11.8 Å². The zero-order chi connectivity index (χ0) is 12.1. The Labute approximate surface area is 104 Å². The van der Waals surface area contributed by atoms with Crippen LogP contribution in [0.3, 0.4) is 0 Å². The minimum absolute atomic E-state index is 0.0740. The maximum Gasteiger partial charge on any atom is 0.186 e. The fraction of sp³-hybridized carbons (Fsp3) is 0.0625. The van der Waals surface area contributed by atoms with Crippen molar-refractivity contribution in [3.8, 4) is 5.75 Å². The first-order valence-electron chi connectivity index (χ1n) is 5.97. The van der Waals surface area contributed by atoms with Crippen molar-refractivity contribution in [3.63, 3.8) is 0 Å². The van der Waals surface area contributed by atoms with Crippen LogP contribution in [0.4, 0.5) is 0 Å². The van der Waals surface area contributed by atoms with E-state index in [1.54, 1.807) is 12.2 Å². The van der Waals surface area contributed by atoms with Gasteiger partial charge in [0.25, 0.3) is 0 Å². The van der Waals surface area contributed by atoms with E-state index in [4.69, 9.17) is 4.74 Å². The van der Waals surface area contributed by atoms with Gasteiger partial charge < -0.3 is 4.74 Å². The molecule has 0 aromatic heterocycles. The number of carbonyl (C=O) groups excluding carboxylic acids is 1. The SMILES string of the molecule is O=C1C=CC=CC=CC=c2c1c1cc3c2=C(C1)O3. The molecule has 3 aliphatic carbocycles. The topological polar surface area (TPSA) is 26.3 Å². The minimum atomic E-state index is 0.0740. The van der Waals surface area contributed by atoms with E-state index in [0.717, 1.165) is 39.5 Å². The Hall–Kier alpha value is -2.35. The summed E-state index contributed by atoms with van der Waals surface area (Å²) in [5.74, 6) is 2.00. The highest BCUT2D eigenvalue weighted by molar-refractivity contribution is 6.07. The van der Waals surface area contributed by atoms with Crippen molar-refractivity contribution in [2.75, 3.05) is 0 Å². The van der Waals surface area contributed by atoms with Crippen molar-refractivity contribution >= 4 is 17.6 Å². The van der Waals surface area contributed by atoms with E-state index < -0.39 is 0 Å². The first-order chi connectivity index (χ1) is 8.84. The van der Waals surface area contributed by atoms with Gasteiger partial charge in [-0.1, -0.05) is 36.5 Å². The number of ether oxygens (including phenoxy) is 1. The largest absolute Gasteiger partial charge is 0.460 e. The number of benzene rings is 1. The molecule has 0 fully saturated rings. The maximum atomic E-state index is 12.2. The van der Waals surface area contributed by atoms with Gasteiger partial charge in [0.05, 0.1) is 5.22 Å². The minimum Gasteiger partial charge on any atom is -0.460 e. The van der Waals surface area contributed by atoms with Gasteiger partial charge in [0.15, 0.2) is 5.78 Å². The van der Waals surface area contributed by atoms with Crippen LogP contribution in [-0.2, 0) is 6.42 Å². The third-order valence-electron chi connectivity index (χ3n) is 3.48. The second-order valence-corrected chi connectivity index (χ2v) is 4.56. The number of carbonyl (C=O) groups is 1. The van der Waals surface area contributed by atoms with E-state index in [1.165, 1.54) is 0 Å².